The molecule has 0 radical (unpaired) electrons. The van der Waals surface area contributed by atoms with Crippen molar-refractivity contribution >= 4 is 39.0 Å². The molecule has 0 amide bonds. The maximum absolute atomic E-state index is 14.0. The number of benzene rings is 3. The van der Waals surface area contributed by atoms with E-state index in [4.69, 9.17) is 14.5 Å². The van der Waals surface area contributed by atoms with Crippen LogP contribution in [0.1, 0.15) is 34.7 Å². The number of hydrogen-bond acceptors (Lipinski definition) is 5. The molecule has 0 saturated heterocycles. The molecular weight excluding hydrogens is 560 g/mol. The standard InChI is InChI=1S/C31H25BrN2O3S/c1-3-16-37-26-15-12-19(17-24(26)32)18-27-30(35)34-29(22-10-6-7-11-25(22)36-2)23-14-13-20-8-4-5-9-21(20)28(23)33-31(34)38-27/h3-12,15,17-18,29H,1,13-14,16H2,2H3/b27-18-/t29-/m0/s1. The van der Waals surface area contributed by atoms with E-state index in [1.54, 1.807) is 13.2 Å². The van der Waals surface area contributed by atoms with Crippen LogP contribution in [0.25, 0.3) is 11.8 Å². The molecule has 0 bridgehead atoms. The monoisotopic (exact) mass is 584 g/mol. The van der Waals surface area contributed by atoms with E-state index in [0.29, 0.717) is 15.9 Å². The molecule has 2 heterocycles. The second-order valence-corrected chi connectivity index (χ2v) is 11.0. The Kier molecular flexibility index (Phi) is 6.64. The number of aryl methyl sites for hydroxylation is 1. The first-order valence-electron chi connectivity index (χ1n) is 12.4. The van der Waals surface area contributed by atoms with Crippen molar-refractivity contribution in [3.63, 3.8) is 0 Å². The smallest absolute Gasteiger partial charge is 0.271 e. The highest BCUT2D eigenvalue weighted by Gasteiger charge is 2.33. The van der Waals surface area contributed by atoms with Gasteiger partial charge >= 0.3 is 0 Å². The third-order valence-corrected chi connectivity index (χ3v) is 8.52. The molecule has 190 valence electrons. The molecule has 4 aromatic rings. The molecule has 2 aliphatic rings. The molecule has 0 fully saturated rings. The van der Waals surface area contributed by atoms with Crippen LogP contribution in [-0.2, 0) is 6.42 Å². The molecule has 7 heteroatoms. The zero-order chi connectivity index (χ0) is 26.2. The van der Waals surface area contributed by atoms with Gasteiger partial charge in [-0.05, 0) is 69.7 Å². The summed E-state index contributed by atoms with van der Waals surface area (Å²) in [4.78, 5) is 19.8. The van der Waals surface area contributed by atoms with E-state index in [2.05, 4.69) is 52.8 Å². The predicted molar refractivity (Wildman–Crippen MR) is 156 cm³/mol. The Morgan fingerprint density at radius 3 is 2.74 bits per heavy atom. The summed E-state index contributed by atoms with van der Waals surface area (Å²) in [6.45, 7) is 4.12. The maximum Gasteiger partial charge on any atom is 0.271 e. The molecule has 1 aliphatic carbocycles. The van der Waals surface area contributed by atoms with Crippen molar-refractivity contribution in [2.45, 2.75) is 18.9 Å². The number of halogens is 1. The summed E-state index contributed by atoms with van der Waals surface area (Å²) in [6.07, 6.45) is 5.37. The number of hydrogen-bond donors (Lipinski definition) is 0. The summed E-state index contributed by atoms with van der Waals surface area (Å²) >= 11 is 5.00. The first kappa shape index (κ1) is 24.6. The molecule has 0 N–H and O–H groups in total. The van der Waals surface area contributed by atoms with Crippen LogP contribution in [-0.4, -0.2) is 18.3 Å². The van der Waals surface area contributed by atoms with Gasteiger partial charge in [0.25, 0.3) is 5.56 Å². The van der Waals surface area contributed by atoms with E-state index < -0.39 is 0 Å². The van der Waals surface area contributed by atoms with Crippen molar-refractivity contribution in [3.8, 4) is 11.5 Å². The molecule has 0 unspecified atom stereocenters. The highest BCUT2D eigenvalue weighted by molar-refractivity contribution is 9.10. The number of aromatic nitrogens is 1. The Labute approximate surface area is 232 Å². The number of ether oxygens (including phenoxy) is 2. The number of rotatable bonds is 6. The summed E-state index contributed by atoms with van der Waals surface area (Å²) < 4.78 is 14.7. The van der Waals surface area contributed by atoms with Crippen LogP contribution in [0.4, 0.5) is 0 Å². The second-order valence-electron chi connectivity index (χ2n) is 9.15. The number of nitrogens with zero attached hydrogens (tertiary/aromatic N) is 2. The van der Waals surface area contributed by atoms with Gasteiger partial charge in [0.2, 0.25) is 0 Å². The van der Waals surface area contributed by atoms with Crippen LogP contribution in [0, 0.1) is 0 Å². The molecule has 1 aromatic heterocycles. The minimum absolute atomic E-state index is 0.0572. The molecular formula is C31H25BrN2O3S. The van der Waals surface area contributed by atoms with Gasteiger partial charge in [0, 0.05) is 11.1 Å². The molecule has 0 saturated carbocycles. The topological polar surface area (TPSA) is 52.8 Å². The average Bonchev–Trinajstić information content (AvgIpc) is 3.25. The van der Waals surface area contributed by atoms with E-state index in [9.17, 15) is 4.79 Å². The lowest BCUT2D eigenvalue weighted by Crippen LogP contribution is -2.39. The predicted octanol–water partition coefficient (Wildman–Crippen LogP) is 5.65. The Bertz CT molecular complexity index is 1780. The van der Waals surface area contributed by atoms with E-state index in [1.165, 1.54) is 16.9 Å². The van der Waals surface area contributed by atoms with E-state index in [1.807, 2.05) is 47.0 Å². The maximum atomic E-state index is 14.0. The molecule has 1 aliphatic heterocycles. The fraction of sp³-hybridized carbons (Fsp3) is 0.161. The quantitative estimate of drug-likeness (QED) is 0.275. The van der Waals surface area contributed by atoms with Gasteiger partial charge in [0.05, 0.1) is 27.9 Å². The highest BCUT2D eigenvalue weighted by Crippen LogP contribution is 2.43. The van der Waals surface area contributed by atoms with Crippen molar-refractivity contribution in [1.82, 2.24) is 4.57 Å². The lowest BCUT2D eigenvalue weighted by molar-refractivity contribution is 0.361. The highest BCUT2D eigenvalue weighted by atomic mass is 79.9. The van der Waals surface area contributed by atoms with Gasteiger partial charge in [-0.25, -0.2) is 4.99 Å². The van der Waals surface area contributed by atoms with E-state index >= 15 is 0 Å². The Morgan fingerprint density at radius 1 is 1.11 bits per heavy atom. The van der Waals surface area contributed by atoms with Gasteiger partial charge in [0.15, 0.2) is 4.80 Å². The minimum Gasteiger partial charge on any atom is -0.496 e. The summed E-state index contributed by atoms with van der Waals surface area (Å²) in [6, 6.07) is 21.9. The number of allylic oxidation sites excluding steroid dienone is 1. The summed E-state index contributed by atoms with van der Waals surface area (Å²) in [7, 11) is 1.67. The van der Waals surface area contributed by atoms with Crippen LogP contribution in [0.5, 0.6) is 11.5 Å². The summed E-state index contributed by atoms with van der Waals surface area (Å²) in [5.41, 5.74) is 6.37. The lowest BCUT2D eigenvalue weighted by atomic mass is 9.83. The molecule has 0 spiro atoms. The third kappa shape index (κ3) is 4.25. The van der Waals surface area contributed by atoms with Gasteiger partial charge in [-0.3, -0.25) is 9.36 Å². The van der Waals surface area contributed by atoms with Crippen molar-refractivity contribution in [3.05, 3.63) is 131 Å². The summed E-state index contributed by atoms with van der Waals surface area (Å²) in [5.74, 6) is 1.49. The molecule has 38 heavy (non-hydrogen) atoms. The van der Waals surface area contributed by atoms with Gasteiger partial charge in [-0.2, -0.15) is 0 Å². The largest absolute Gasteiger partial charge is 0.496 e. The first-order valence-corrected chi connectivity index (χ1v) is 14.0. The molecule has 5 nitrogen and oxygen atoms in total. The van der Waals surface area contributed by atoms with Crippen LogP contribution < -0.4 is 24.4 Å². The SMILES string of the molecule is C=CCOc1ccc(/C=c2\sc3n(c2=O)[C@@H](c2ccccc2OC)C2=C(N=3)c3ccccc3CC2)cc1Br. The third-order valence-electron chi connectivity index (χ3n) is 6.92. The van der Waals surface area contributed by atoms with Crippen LogP contribution in [0.2, 0.25) is 0 Å². The zero-order valence-corrected chi connectivity index (χ0v) is 23.2. The Morgan fingerprint density at radius 2 is 1.92 bits per heavy atom. The number of thiazole rings is 1. The van der Waals surface area contributed by atoms with Crippen LogP contribution in [0.15, 0.2) is 99.2 Å². The number of methoxy groups -OCH3 is 1. The minimum atomic E-state index is -0.283. The average molecular weight is 586 g/mol. The molecule has 1 atom stereocenters. The lowest BCUT2D eigenvalue weighted by Gasteiger charge is -2.31. The first-order chi connectivity index (χ1) is 18.6. The van der Waals surface area contributed by atoms with Gasteiger partial charge in [-0.15, -0.1) is 0 Å². The fourth-order valence-corrected chi connectivity index (χ4v) is 6.73. The fourth-order valence-electron chi connectivity index (χ4n) is 5.22. The molecule has 6 rings (SSSR count). The molecule has 3 aromatic carbocycles. The zero-order valence-electron chi connectivity index (χ0n) is 20.8. The second kappa shape index (κ2) is 10.2. The van der Waals surface area contributed by atoms with E-state index in [0.717, 1.165) is 56.8 Å². The van der Waals surface area contributed by atoms with Crippen molar-refractivity contribution in [2.24, 2.45) is 4.99 Å². The Balaban J connectivity index is 1.56. The van der Waals surface area contributed by atoms with Crippen LogP contribution in [0.3, 0.4) is 0 Å². The number of fused-ring (bicyclic) bond motifs is 3. The van der Waals surface area contributed by atoms with E-state index in [-0.39, 0.29) is 11.6 Å². The normalized spacial score (nSPS) is 16.3. The van der Waals surface area contributed by atoms with Gasteiger partial charge in [0.1, 0.15) is 18.1 Å². The summed E-state index contributed by atoms with van der Waals surface area (Å²) in [5, 5.41) is 0. The van der Waals surface area contributed by atoms with Crippen molar-refractivity contribution in [2.75, 3.05) is 13.7 Å². The van der Waals surface area contributed by atoms with Gasteiger partial charge < -0.3 is 9.47 Å². The Hall–Kier alpha value is -3.68. The number of para-hydroxylation sites is 1. The van der Waals surface area contributed by atoms with Gasteiger partial charge in [-0.1, -0.05) is 72.5 Å². The van der Waals surface area contributed by atoms with Crippen LogP contribution >= 0.6 is 27.3 Å². The van der Waals surface area contributed by atoms with Crippen molar-refractivity contribution in [1.29, 1.82) is 0 Å². The van der Waals surface area contributed by atoms with Crippen molar-refractivity contribution < 1.29 is 9.47 Å².